The second kappa shape index (κ2) is 10.8. The monoisotopic (exact) mass is 420 g/mol. The highest BCUT2D eigenvalue weighted by Crippen LogP contribution is 2.27. The number of methoxy groups -OCH3 is 2. The largest absolute Gasteiger partial charge is 0.493 e. The van der Waals surface area contributed by atoms with Gasteiger partial charge >= 0.3 is 0 Å². The van der Waals surface area contributed by atoms with Gasteiger partial charge in [-0.1, -0.05) is 37.6 Å². The van der Waals surface area contributed by atoms with Gasteiger partial charge in [-0.05, 0) is 42.7 Å². The summed E-state index contributed by atoms with van der Waals surface area (Å²) in [6.45, 7) is 2.28. The van der Waals surface area contributed by atoms with Gasteiger partial charge in [0.15, 0.2) is 11.5 Å². The summed E-state index contributed by atoms with van der Waals surface area (Å²) in [5.41, 5.74) is 0.972. The summed E-state index contributed by atoms with van der Waals surface area (Å²) in [7, 11) is -0.623. The number of hydrogen-bond acceptors (Lipinski definition) is 5. The van der Waals surface area contributed by atoms with Gasteiger partial charge in [-0.25, -0.2) is 8.42 Å². The lowest BCUT2D eigenvalue weighted by Crippen LogP contribution is -2.47. The van der Waals surface area contributed by atoms with Crippen molar-refractivity contribution in [2.75, 3.05) is 20.8 Å². The molecule has 8 heteroatoms. The van der Waals surface area contributed by atoms with E-state index in [2.05, 4.69) is 10.0 Å². The minimum atomic E-state index is -3.76. The van der Waals surface area contributed by atoms with E-state index in [1.807, 2.05) is 25.1 Å². The van der Waals surface area contributed by atoms with Crippen LogP contribution in [0.4, 0.5) is 0 Å². The molecule has 0 aliphatic carbocycles. The van der Waals surface area contributed by atoms with Crippen LogP contribution < -0.4 is 19.5 Å². The molecule has 0 spiro atoms. The zero-order valence-corrected chi connectivity index (χ0v) is 17.8. The molecule has 2 N–H and O–H groups in total. The van der Waals surface area contributed by atoms with Gasteiger partial charge in [-0.3, -0.25) is 4.79 Å². The molecule has 0 heterocycles. The third-order valence-electron chi connectivity index (χ3n) is 4.41. The van der Waals surface area contributed by atoms with E-state index in [0.717, 1.165) is 5.56 Å². The van der Waals surface area contributed by atoms with E-state index in [9.17, 15) is 13.2 Å². The molecule has 2 rings (SSSR count). The molecule has 0 aliphatic rings. The smallest absolute Gasteiger partial charge is 0.241 e. The zero-order chi connectivity index (χ0) is 21.3. The molecule has 158 valence electrons. The molecule has 0 saturated carbocycles. The van der Waals surface area contributed by atoms with Gasteiger partial charge in [0.25, 0.3) is 0 Å². The summed E-state index contributed by atoms with van der Waals surface area (Å²) in [4.78, 5) is 12.7. The Labute approximate surface area is 172 Å². The van der Waals surface area contributed by atoms with Crippen LogP contribution in [0, 0.1) is 0 Å². The summed E-state index contributed by atoms with van der Waals surface area (Å²) in [6, 6.07) is 12.8. The summed E-state index contributed by atoms with van der Waals surface area (Å²) >= 11 is 0. The van der Waals surface area contributed by atoms with Crippen molar-refractivity contribution < 1.29 is 22.7 Å². The van der Waals surface area contributed by atoms with E-state index < -0.39 is 16.1 Å². The molecule has 0 saturated heterocycles. The highest BCUT2D eigenvalue weighted by Gasteiger charge is 2.24. The lowest BCUT2D eigenvalue weighted by molar-refractivity contribution is -0.122. The Morgan fingerprint density at radius 3 is 2.34 bits per heavy atom. The molecule has 29 heavy (non-hydrogen) atoms. The molecular formula is C21H28N2O5S. The van der Waals surface area contributed by atoms with E-state index in [0.29, 0.717) is 37.3 Å². The molecule has 0 bridgehead atoms. The Morgan fingerprint density at radius 2 is 1.72 bits per heavy atom. The summed E-state index contributed by atoms with van der Waals surface area (Å²) in [6.07, 6.45) is 1.66. The van der Waals surface area contributed by atoms with Gasteiger partial charge in [0.2, 0.25) is 15.9 Å². The lowest BCUT2D eigenvalue weighted by atomic mass is 10.1. The van der Waals surface area contributed by atoms with Crippen LogP contribution in [0.25, 0.3) is 0 Å². The molecule has 0 radical (unpaired) electrons. The van der Waals surface area contributed by atoms with Crippen LogP contribution in [0.3, 0.4) is 0 Å². The second-order valence-corrected chi connectivity index (χ2v) is 8.22. The van der Waals surface area contributed by atoms with Crippen LogP contribution >= 0.6 is 0 Å². The topological polar surface area (TPSA) is 93.7 Å². The normalized spacial score (nSPS) is 12.2. The number of carbonyl (C=O) groups excluding carboxylic acids is 1. The number of carbonyl (C=O) groups is 1. The number of ether oxygens (including phenoxy) is 2. The minimum absolute atomic E-state index is 0.138. The Balaban J connectivity index is 1.97. The van der Waals surface area contributed by atoms with Crippen molar-refractivity contribution in [3.63, 3.8) is 0 Å². The van der Waals surface area contributed by atoms with Gasteiger partial charge in [0.1, 0.15) is 6.04 Å². The first-order valence-electron chi connectivity index (χ1n) is 9.47. The standard InChI is InChI=1S/C21H28N2O5S/c1-4-8-18(23-29(25,26)17-9-6-5-7-10-17)21(24)22-14-13-16-11-12-19(27-2)20(15-16)28-3/h5-7,9-12,15,18,23H,4,8,13-14H2,1-3H3,(H,22,24). The molecule has 1 unspecified atom stereocenters. The third kappa shape index (κ3) is 6.47. The van der Waals surface area contributed by atoms with Crippen molar-refractivity contribution in [3.8, 4) is 11.5 Å². The van der Waals surface area contributed by atoms with Gasteiger partial charge in [0.05, 0.1) is 19.1 Å². The molecule has 0 fully saturated rings. The van der Waals surface area contributed by atoms with Crippen LogP contribution in [0.5, 0.6) is 11.5 Å². The van der Waals surface area contributed by atoms with E-state index in [1.165, 1.54) is 12.1 Å². The predicted octanol–water partition coefficient (Wildman–Crippen LogP) is 2.51. The maximum Gasteiger partial charge on any atom is 0.241 e. The van der Waals surface area contributed by atoms with Crippen molar-refractivity contribution in [1.82, 2.24) is 10.0 Å². The SMILES string of the molecule is CCCC(NS(=O)(=O)c1ccccc1)C(=O)NCCc1ccc(OC)c(OC)c1. The summed E-state index contributed by atoms with van der Waals surface area (Å²) in [5.74, 6) is 0.918. The molecule has 1 atom stereocenters. The average Bonchev–Trinajstić information content (AvgIpc) is 2.73. The molecular weight excluding hydrogens is 392 g/mol. The number of sulfonamides is 1. The summed E-state index contributed by atoms with van der Waals surface area (Å²) in [5, 5.41) is 2.82. The van der Waals surface area contributed by atoms with Crippen LogP contribution in [0.15, 0.2) is 53.4 Å². The van der Waals surface area contributed by atoms with Crippen molar-refractivity contribution in [2.24, 2.45) is 0 Å². The average molecular weight is 421 g/mol. The number of benzene rings is 2. The van der Waals surface area contributed by atoms with Crippen LogP contribution in [0.2, 0.25) is 0 Å². The first-order chi connectivity index (χ1) is 13.9. The molecule has 0 aromatic heterocycles. The van der Waals surface area contributed by atoms with Crippen molar-refractivity contribution in [2.45, 2.75) is 37.1 Å². The fourth-order valence-electron chi connectivity index (χ4n) is 2.88. The molecule has 7 nitrogen and oxygen atoms in total. The van der Waals surface area contributed by atoms with E-state index in [1.54, 1.807) is 32.4 Å². The zero-order valence-electron chi connectivity index (χ0n) is 17.0. The maximum atomic E-state index is 12.6. The van der Waals surface area contributed by atoms with E-state index in [4.69, 9.17) is 9.47 Å². The van der Waals surface area contributed by atoms with E-state index >= 15 is 0 Å². The van der Waals surface area contributed by atoms with Crippen LogP contribution in [-0.4, -0.2) is 41.1 Å². The number of hydrogen-bond donors (Lipinski definition) is 2. The molecule has 0 aliphatic heterocycles. The fourth-order valence-corrected chi connectivity index (χ4v) is 4.13. The van der Waals surface area contributed by atoms with Gasteiger partial charge in [0, 0.05) is 6.54 Å². The Bertz CT molecular complexity index is 901. The first-order valence-corrected chi connectivity index (χ1v) is 11.0. The highest BCUT2D eigenvalue weighted by atomic mass is 32.2. The van der Waals surface area contributed by atoms with E-state index in [-0.39, 0.29) is 10.8 Å². The van der Waals surface area contributed by atoms with Crippen LogP contribution in [-0.2, 0) is 21.2 Å². The lowest BCUT2D eigenvalue weighted by Gasteiger charge is -2.18. The molecule has 1 amide bonds. The molecule has 2 aromatic carbocycles. The van der Waals surface area contributed by atoms with Gasteiger partial charge in [-0.15, -0.1) is 0 Å². The van der Waals surface area contributed by atoms with Gasteiger partial charge in [-0.2, -0.15) is 4.72 Å². The van der Waals surface area contributed by atoms with Gasteiger partial charge < -0.3 is 14.8 Å². The van der Waals surface area contributed by atoms with Crippen molar-refractivity contribution in [1.29, 1.82) is 0 Å². The summed E-state index contributed by atoms with van der Waals surface area (Å²) < 4.78 is 38.1. The van der Waals surface area contributed by atoms with Crippen molar-refractivity contribution in [3.05, 3.63) is 54.1 Å². The number of amides is 1. The Kier molecular flexibility index (Phi) is 8.48. The third-order valence-corrected chi connectivity index (χ3v) is 5.89. The number of nitrogens with one attached hydrogen (secondary N) is 2. The highest BCUT2D eigenvalue weighted by molar-refractivity contribution is 7.89. The van der Waals surface area contributed by atoms with Crippen molar-refractivity contribution >= 4 is 15.9 Å². The first kappa shape index (κ1) is 22.7. The quantitative estimate of drug-likeness (QED) is 0.583. The minimum Gasteiger partial charge on any atom is -0.493 e. The predicted molar refractivity (Wildman–Crippen MR) is 112 cm³/mol. The second-order valence-electron chi connectivity index (χ2n) is 6.51. The number of rotatable bonds is 11. The Morgan fingerprint density at radius 1 is 1.03 bits per heavy atom. The fraction of sp³-hybridized carbons (Fsp3) is 0.381. The molecule has 2 aromatic rings. The van der Waals surface area contributed by atoms with Crippen LogP contribution in [0.1, 0.15) is 25.3 Å². The maximum absolute atomic E-state index is 12.6. The Hall–Kier alpha value is -2.58.